The molecule has 1 fully saturated rings. The second kappa shape index (κ2) is 8.86. The molecule has 0 bridgehead atoms. The Morgan fingerprint density at radius 3 is 2.75 bits per heavy atom. The summed E-state index contributed by atoms with van der Waals surface area (Å²) in [7, 11) is 0. The third-order valence-corrected chi connectivity index (χ3v) is 5.55. The summed E-state index contributed by atoms with van der Waals surface area (Å²) in [5.74, 6) is -1.59. The average molecular weight is 441 g/mol. The van der Waals surface area contributed by atoms with Crippen LogP contribution in [-0.4, -0.2) is 55.0 Å². The Bertz CT molecular complexity index is 1070. The van der Waals surface area contributed by atoms with Gasteiger partial charge in [-0.25, -0.2) is 4.39 Å². The molecule has 2 aromatic carbocycles. The summed E-state index contributed by atoms with van der Waals surface area (Å²) in [5, 5.41) is 2.57. The number of rotatable bonds is 4. The first-order valence-corrected chi connectivity index (χ1v) is 10.5. The largest absolute Gasteiger partial charge is 0.491 e. The number of amides is 2. The molecule has 2 aliphatic rings. The molecule has 2 heterocycles. The van der Waals surface area contributed by atoms with Crippen LogP contribution in [0.3, 0.4) is 0 Å². The number of carbonyl (C=O) groups excluding carboxylic acids is 3. The highest BCUT2D eigenvalue weighted by Crippen LogP contribution is 2.29. The third-order valence-electron chi connectivity index (χ3n) is 5.55. The number of benzene rings is 2. The van der Waals surface area contributed by atoms with Gasteiger partial charge in [-0.3, -0.25) is 14.4 Å². The van der Waals surface area contributed by atoms with Crippen LogP contribution in [0.1, 0.15) is 19.4 Å². The zero-order valence-electron chi connectivity index (χ0n) is 17.9. The number of fused-ring (bicyclic) bond motifs is 1. The second-order valence-corrected chi connectivity index (χ2v) is 7.77. The zero-order valence-corrected chi connectivity index (χ0v) is 17.9. The minimum absolute atomic E-state index is 0.197. The number of ether oxygens (including phenoxy) is 2. The topological polar surface area (TPSA) is 88.2 Å². The van der Waals surface area contributed by atoms with Crippen LogP contribution in [-0.2, 0) is 20.8 Å². The highest BCUT2D eigenvalue weighted by atomic mass is 19.1. The molecule has 9 heteroatoms. The van der Waals surface area contributed by atoms with Crippen molar-refractivity contribution in [1.29, 1.82) is 0 Å². The fourth-order valence-electron chi connectivity index (χ4n) is 3.96. The monoisotopic (exact) mass is 441 g/mol. The summed E-state index contributed by atoms with van der Waals surface area (Å²) < 4.78 is 24.5. The summed E-state index contributed by atoms with van der Waals surface area (Å²) in [6.45, 7) is 5.27. The maximum Gasteiger partial charge on any atom is 0.315 e. The molecule has 2 aromatic rings. The maximum absolute atomic E-state index is 14.2. The van der Waals surface area contributed by atoms with Crippen molar-refractivity contribution in [3.8, 4) is 11.5 Å². The number of hydrogen-bond acceptors (Lipinski definition) is 6. The lowest BCUT2D eigenvalue weighted by atomic mass is 10.1. The van der Waals surface area contributed by atoms with Crippen molar-refractivity contribution in [2.75, 3.05) is 36.5 Å². The van der Waals surface area contributed by atoms with Gasteiger partial charge < -0.3 is 24.6 Å². The van der Waals surface area contributed by atoms with E-state index in [0.717, 1.165) is 5.56 Å². The zero-order chi connectivity index (χ0) is 22.8. The summed E-state index contributed by atoms with van der Waals surface area (Å²) >= 11 is 0. The van der Waals surface area contributed by atoms with Crippen LogP contribution in [0.2, 0.25) is 0 Å². The van der Waals surface area contributed by atoms with E-state index in [4.69, 9.17) is 9.47 Å². The molecule has 2 aliphatic heterocycles. The average Bonchev–Trinajstić information content (AvgIpc) is 3.14. The number of nitrogens with one attached hydrogen (secondary N) is 1. The Morgan fingerprint density at radius 2 is 2.03 bits per heavy atom. The molecule has 1 N–H and O–H groups in total. The van der Waals surface area contributed by atoms with E-state index in [0.29, 0.717) is 43.4 Å². The highest BCUT2D eigenvalue weighted by Gasteiger charge is 2.32. The molecular weight excluding hydrogens is 417 g/mol. The molecule has 0 unspecified atom stereocenters. The van der Waals surface area contributed by atoms with Crippen molar-refractivity contribution < 1.29 is 28.2 Å². The summed E-state index contributed by atoms with van der Waals surface area (Å²) in [5.41, 5.74) is 1.82. The van der Waals surface area contributed by atoms with E-state index in [-0.39, 0.29) is 24.2 Å². The van der Waals surface area contributed by atoms with Crippen LogP contribution >= 0.6 is 0 Å². The van der Waals surface area contributed by atoms with Crippen molar-refractivity contribution in [2.24, 2.45) is 0 Å². The van der Waals surface area contributed by atoms with Gasteiger partial charge in [-0.1, -0.05) is 6.07 Å². The smallest absolute Gasteiger partial charge is 0.315 e. The highest BCUT2D eigenvalue weighted by molar-refractivity contribution is 6.39. The van der Waals surface area contributed by atoms with Gasteiger partial charge in [0.05, 0.1) is 13.0 Å². The molecular formula is C23H24FN3O5. The van der Waals surface area contributed by atoms with E-state index in [1.807, 2.05) is 11.8 Å². The molecule has 0 spiro atoms. The van der Waals surface area contributed by atoms with Gasteiger partial charge in [0.15, 0.2) is 11.6 Å². The predicted octanol–water partition coefficient (Wildman–Crippen LogP) is 2.36. The first-order chi connectivity index (χ1) is 15.4. The van der Waals surface area contributed by atoms with Crippen molar-refractivity contribution in [2.45, 2.75) is 26.3 Å². The molecule has 0 aliphatic carbocycles. The molecule has 8 nitrogen and oxygen atoms in total. The van der Waals surface area contributed by atoms with Gasteiger partial charge in [0, 0.05) is 54.7 Å². The Hall–Kier alpha value is -3.62. The number of carbonyl (C=O) groups is 3. The van der Waals surface area contributed by atoms with Crippen LogP contribution in [0.5, 0.6) is 11.5 Å². The third kappa shape index (κ3) is 4.37. The van der Waals surface area contributed by atoms with Gasteiger partial charge in [-0.2, -0.15) is 0 Å². The van der Waals surface area contributed by atoms with Crippen molar-refractivity contribution in [3.05, 3.63) is 47.8 Å². The van der Waals surface area contributed by atoms with Gasteiger partial charge in [0.2, 0.25) is 0 Å². The van der Waals surface area contributed by atoms with Crippen molar-refractivity contribution in [1.82, 2.24) is 4.90 Å². The van der Waals surface area contributed by atoms with Gasteiger partial charge in [-0.05, 0) is 32.0 Å². The SMILES string of the molecule is CCOc1ccc(N2CCN(C(=O)C(=O)Nc3ccc4c(c3)OC(=O)C4)[C@H](C)C2)cc1F. The first-order valence-electron chi connectivity index (χ1n) is 10.5. The predicted molar refractivity (Wildman–Crippen MR) is 115 cm³/mol. The minimum atomic E-state index is -0.762. The maximum atomic E-state index is 14.2. The van der Waals surface area contributed by atoms with Gasteiger partial charge >= 0.3 is 17.8 Å². The minimum Gasteiger partial charge on any atom is -0.491 e. The van der Waals surface area contributed by atoms with Crippen molar-refractivity contribution >= 4 is 29.2 Å². The van der Waals surface area contributed by atoms with E-state index < -0.39 is 17.6 Å². The van der Waals surface area contributed by atoms with Crippen LogP contribution in [0.15, 0.2) is 36.4 Å². The number of nitrogens with zero attached hydrogens (tertiary/aromatic N) is 2. The van der Waals surface area contributed by atoms with E-state index >= 15 is 0 Å². The lowest BCUT2D eigenvalue weighted by molar-refractivity contribution is -0.144. The van der Waals surface area contributed by atoms with Crippen molar-refractivity contribution in [3.63, 3.8) is 0 Å². The van der Waals surface area contributed by atoms with Gasteiger partial charge in [0.1, 0.15) is 5.75 Å². The van der Waals surface area contributed by atoms with E-state index in [2.05, 4.69) is 5.32 Å². The number of hydrogen-bond donors (Lipinski definition) is 1. The Kier molecular flexibility index (Phi) is 5.98. The Morgan fingerprint density at radius 1 is 1.22 bits per heavy atom. The quantitative estimate of drug-likeness (QED) is 0.445. The molecule has 2 amide bonds. The fraction of sp³-hybridized carbons (Fsp3) is 0.348. The first kappa shape index (κ1) is 21.6. The van der Waals surface area contributed by atoms with Crippen LogP contribution in [0, 0.1) is 5.82 Å². The summed E-state index contributed by atoms with van der Waals surface area (Å²) in [6, 6.07) is 9.41. The lowest BCUT2D eigenvalue weighted by Gasteiger charge is -2.40. The molecule has 32 heavy (non-hydrogen) atoms. The lowest BCUT2D eigenvalue weighted by Crippen LogP contribution is -2.56. The molecule has 4 rings (SSSR count). The van der Waals surface area contributed by atoms with E-state index in [1.165, 1.54) is 17.0 Å². The number of anilines is 2. The Labute approximate surface area is 184 Å². The number of piperazine rings is 1. The second-order valence-electron chi connectivity index (χ2n) is 7.77. The summed E-state index contributed by atoms with van der Waals surface area (Å²) in [4.78, 5) is 40.1. The van der Waals surface area contributed by atoms with E-state index in [9.17, 15) is 18.8 Å². The van der Waals surface area contributed by atoms with Crippen LogP contribution < -0.4 is 19.7 Å². The molecule has 0 saturated carbocycles. The normalized spacial score (nSPS) is 17.6. The van der Waals surface area contributed by atoms with Crippen LogP contribution in [0.4, 0.5) is 15.8 Å². The fourth-order valence-corrected chi connectivity index (χ4v) is 3.96. The molecule has 1 saturated heterocycles. The van der Waals surface area contributed by atoms with E-state index in [1.54, 1.807) is 31.2 Å². The molecule has 0 aromatic heterocycles. The van der Waals surface area contributed by atoms with Gasteiger partial charge in [-0.15, -0.1) is 0 Å². The molecule has 168 valence electrons. The number of esters is 1. The molecule has 1 atom stereocenters. The standard InChI is InChI=1S/C23H24FN3O5/c1-3-31-19-7-6-17(12-18(19)24)26-8-9-27(14(2)13-26)23(30)22(29)25-16-5-4-15-10-21(28)32-20(15)11-16/h4-7,11-12,14H,3,8-10,13H2,1-2H3,(H,25,29)/t14-/m1/s1. The molecule has 0 radical (unpaired) electrons. The Balaban J connectivity index is 1.37. The van der Waals surface area contributed by atoms with Gasteiger partial charge in [0.25, 0.3) is 0 Å². The van der Waals surface area contributed by atoms with Crippen LogP contribution in [0.25, 0.3) is 0 Å². The summed E-state index contributed by atoms with van der Waals surface area (Å²) in [6.07, 6.45) is 0.197. The number of halogens is 1.